The lowest BCUT2D eigenvalue weighted by Gasteiger charge is -2.32. The lowest BCUT2D eigenvalue weighted by atomic mass is 10.2. The Morgan fingerprint density at radius 3 is 2.73 bits per heavy atom. The molecule has 0 aliphatic carbocycles. The van der Waals surface area contributed by atoms with Gasteiger partial charge in [0.05, 0.1) is 12.8 Å². The maximum atomic E-state index is 12.6. The van der Waals surface area contributed by atoms with Gasteiger partial charge in [-0.25, -0.2) is 9.97 Å². The standard InChI is InChI=1S/C17H18ClN5O3/c1-26-15-3-2-12(18)10-14(15)21-17-19-5-4-13(20-17)16(25)23-8-6-22(11-24)7-9-23/h2-5,10-11H,6-9H2,1H3,(H,19,20,21). The highest BCUT2D eigenvalue weighted by atomic mass is 35.5. The highest BCUT2D eigenvalue weighted by Crippen LogP contribution is 2.29. The summed E-state index contributed by atoms with van der Waals surface area (Å²) in [6.07, 6.45) is 2.31. The molecule has 2 heterocycles. The predicted octanol–water partition coefficient (Wildman–Crippen LogP) is 1.80. The van der Waals surface area contributed by atoms with E-state index in [9.17, 15) is 9.59 Å². The zero-order chi connectivity index (χ0) is 18.5. The van der Waals surface area contributed by atoms with Gasteiger partial charge in [-0.2, -0.15) is 0 Å². The van der Waals surface area contributed by atoms with Crippen LogP contribution in [0.4, 0.5) is 11.6 Å². The Hall–Kier alpha value is -2.87. The van der Waals surface area contributed by atoms with Gasteiger partial charge in [0.15, 0.2) is 0 Å². The van der Waals surface area contributed by atoms with Crippen molar-refractivity contribution in [2.45, 2.75) is 0 Å². The summed E-state index contributed by atoms with van der Waals surface area (Å²) in [7, 11) is 1.55. The number of piperazine rings is 1. The molecule has 0 radical (unpaired) electrons. The van der Waals surface area contributed by atoms with Crippen molar-refractivity contribution in [3.8, 4) is 5.75 Å². The number of hydrogen-bond donors (Lipinski definition) is 1. The third kappa shape index (κ3) is 4.02. The molecule has 8 nitrogen and oxygen atoms in total. The quantitative estimate of drug-likeness (QED) is 0.802. The van der Waals surface area contributed by atoms with Crippen molar-refractivity contribution < 1.29 is 14.3 Å². The van der Waals surface area contributed by atoms with Crippen molar-refractivity contribution in [2.75, 3.05) is 38.6 Å². The van der Waals surface area contributed by atoms with Crippen LogP contribution in [0.15, 0.2) is 30.5 Å². The minimum Gasteiger partial charge on any atom is -0.495 e. The monoisotopic (exact) mass is 375 g/mol. The van der Waals surface area contributed by atoms with Crippen LogP contribution < -0.4 is 10.1 Å². The van der Waals surface area contributed by atoms with Crippen LogP contribution in [0.25, 0.3) is 0 Å². The average molecular weight is 376 g/mol. The average Bonchev–Trinajstić information content (AvgIpc) is 2.68. The molecule has 1 aromatic heterocycles. The third-order valence-corrected chi connectivity index (χ3v) is 4.27. The highest BCUT2D eigenvalue weighted by Gasteiger charge is 2.22. The zero-order valence-corrected chi connectivity index (χ0v) is 14.9. The molecule has 0 spiro atoms. The zero-order valence-electron chi connectivity index (χ0n) is 14.2. The predicted molar refractivity (Wildman–Crippen MR) is 96.9 cm³/mol. The van der Waals surface area contributed by atoms with Gasteiger partial charge < -0.3 is 19.9 Å². The molecule has 0 bridgehead atoms. The van der Waals surface area contributed by atoms with E-state index in [0.717, 1.165) is 6.41 Å². The number of nitrogens with one attached hydrogen (secondary N) is 1. The molecule has 9 heteroatoms. The Labute approximate surface area is 155 Å². The van der Waals surface area contributed by atoms with Crippen LogP contribution in [-0.2, 0) is 4.79 Å². The summed E-state index contributed by atoms with van der Waals surface area (Å²) in [5.74, 6) is 0.654. The largest absolute Gasteiger partial charge is 0.495 e. The maximum absolute atomic E-state index is 12.6. The highest BCUT2D eigenvalue weighted by molar-refractivity contribution is 6.31. The molecule has 136 valence electrons. The first kappa shape index (κ1) is 17.9. The van der Waals surface area contributed by atoms with Crippen LogP contribution in [-0.4, -0.2) is 65.4 Å². The molecule has 1 fully saturated rings. The summed E-state index contributed by atoms with van der Waals surface area (Å²) >= 11 is 6.02. The fourth-order valence-corrected chi connectivity index (χ4v) is 2.80. The van der Waals surface area contributed by atoms with E-state index in [0.29, 0.717) is 42.6 Å². The fourth-order valence-electron chi connectivity index (χ4n) is 2.63. The number of rotatable bonds is 5. The number of nitrogens with zero attached hydrogens (tertiary/aromatic N) is 4. The van der Waals surface area contributed by atoms with Gasteiger partial charge in [-0.3, -0.25) is 9.59 Å². The van der Waals surface area contributed by atoms with Gasteiger partial charge in [-0.1, -0.05) is 11.6 Å². The maximum Gasteiger partial charge on any atom is 0.272 e. The topological polar surface area (TPSA) is 87.7 Å². The molecule has 2 amide bonds. The van der Waals surface area contributed by atoms with E-state index >= 15 is 0 Å². The Kier molecular flexibility index (Phi) is 5.52. The minimum absolute atomic E-state index is 0.195. The second-order valence-electron chi connectivity index (χ2n) is 5.67. The summed E-state index contributed by atoms with van der Waals surface area (Å²) in [6.45, 7) is 2.00. The van der Waals surface area contributed by atoms with Crippen molar-refractivity contribution in [2.24, 2.45) is 0 Å². The molecule has 1 aromatic carbocycles. The smallest absolute Gasteiger partial charge is 0.272 e. The number of ether oxygens (including phenoxy) is 1. The van der Waals surface area contributed by atoms with E-state index in [-0.39, 0.29) is 17.5 Å². The van der Waals surface area contributed by atoms with E-state index < -0.39 is 0 Å². The first-order valence-electron chi connectivity index (χ1n) is 8.03. The molecule has 3 rings (SSSR count). The lowest BCUT2D eigenvalue weighted by Crippen LogP contribution is -2.48. The Morgan fingerprint density at radius 2 is 2.04 bits per heavy atom. The van der Waals surface area contributed by atoms with Crippen LogP contribution in [0.5, 0.6) is 5.75 Å². The molecular formula is C17H18ClN5O3. The van der Waals surface area contributed by atoms with Gasteiger partial charge in [0.2, 0.25) is 12.4 Å². The van der Waals surface area contributed by atoms with Crippen LogP contribution >= 0.6 is 11.6 Å². The second kappa shape index (κ2) is 8.01. The van der Waals surface area contributed by atoms with Crippen molar-refractivity contribution >= 4 is 35.6 Å². The van der Waals surface area contributed by atoms with Gasteiger partial charge in [-0.15, -0.1) is 0 Å². The normalized spacial score (nSPS) is 14.1. The number of halogens is 1. The Bertz CT molecular complexity index is 809. The third-order valence-electron chi connectivity index (χ3n) is 4.03. The van der Waals surface area contributed by atoms with E-state index in [2.05, 4.69) is 15.3 Å². The number of benzene rings is 1. The van der Waals surface area contributed by atoms with Crippen LogP contribution in [0.3, 0.4) is 0 Å². The van der Waals surface area contributed by atoms with E-state index in [4.69, 9.17) is 16.3 Å². The van der Waals surface area contributed by atoms with E-state index in [1.165, 1.54) is 6.20 Å². The number of methoxy groups -OCH3 is 1. The van der Waals surface area contributed by atoms with Gasteiger partial charge in [-0.05, 0) is 24.3 Å². The van der Waals surface area contributed by atoms with Crippen molar-refractivity contribution in [1.29, 1.82) is 0 Å². The lowest BCUT2D eigenvalue weighted by molar-refractivity contribution is -0.119. The fraction of sp³-hybridized carbons (Fsp3) is 0.294. The SMILES string of the molecule is COc1ccc(Cl)cc1Nc1nccc(C(=O)N2CCN(C=O)CC2)n1. The molecule has 0 unspecified atom stereocenters. The number of amides is 2. The molecular weight excluding hydrogens is 358 g/mol. The number of carbonyl (C=O) groups is 2. The van der Waals surface area contributed by atoms with Crippen LogP contribution in [0.2, 0.25) is 5.02 Å². The molecule has 1 aliphatic heterocycles. The Morgan fingerprint density at radius 1 is 1.27 bits per heavy atom. The first-order chi connectivity index (χ1) is 12.6. The summed E-state index contributed by atoms with van der Waals surface area (Å²) in [5, 5.41) is 3.56. The number of carbonyl (C=O) groups excluding carboxylic acids is 2. The van der Waals surface area contributed by atoms with Crippen molar-refractivity contribution in [3.05, 3.63) is 41.2 Å². The van der Waals surface area contributed by atoms with Gasteiger partial charge in [0.25, 0.3) is 5.91 Å². The van der Waals surface area contributed by atoms with Gasteiger partial charge >= 0.3 is 0 Å². The van der Waals surface area contributed by atoms with Crippen LogP contribution in [0, 0.1) is 0 Å². The first-order valence-corrected chi connectivity index (χ1v) is 8.40. The molecule has 1 N–H and O–H groups in total. The molecule has 0 saturated carbocycles. The Balaban J connectivity index is 1.75. The minimum atomic E-state index is -0.195. The number of aromatic nitrogens is 2. The summed E-state index contributed by atoms with van der Waals surface area (Å²) in [5.41, 5.74) is 0.882. The molecule has 1 saturated heterocycles. The summed E-state index contributed by atoms with van der Waals surface area (Å²) in [6, 6.07) is 6.70. The van der Waals surface area contributed by atoms with E-state index in [1.807, 2.05) is 0 Å². The second-order valence-corrected chi connectivity index (χ2v) is 6.11. The van der Waals surface area contributed by atoms with Crippen molar-refractivity contribution in [3.63, 3.8) is 0 Å². The van der Waals surface area contributed by atoms with Crippen LogP contribution in [0.1, 0.15) is 10.5 Å². The van der Waals surface area contributed by atoms with Gasteiger partial charge in [0.1, 0.15) is 11.4 Å². The van der Waals surface area contributed by atoms with Gasteiger partial charge in [0, 0.05) is 37.4 Å². The molecule has 0 atom stereocenters. The summed E-state index contributed by atoms with van der Waals surface area (Å²) in [4.78, 5) is 35.2. The van der Waals surface area contributed by atoms with Crippen molar-refractivity contribution in [1.82, 2.24) is 19.8 Å². The molecule has 1 aliphatic rings. The molecule has 2 aromatic rings. The number of hydrogen-bond acceptors (Lipinski definition) is 6. The van der Waals surface area contributed by atoms with E-state index in [1.54, 1.807) is 41.2 Å². The summed E-state index contributed by atoms with van der Waals surface area (Å²) < 4.78 is 5.28. The molecule has 26 heavy (non-hydrogen) atoms. The number of anilines is 2.